The fraction of sp³-hybridized carbons (Fsp3) is 1.00. The molecule has 0 nitrogen and oxygen atoms in total. The highest BCUT2D eigenvalue weighted by Gasteiger charge is 1.96. The molecular formula is C11H22S4. The summed E-state index contributed by atoms with van der Waals surface area (Å²) < 4.78 is 0. The minimum Gasteiger partial charge on any atom is -0.162 e. The van der Waals surface area contributed by atoms with Gasteiger partial charge in [-0.3, -0.25) is 0 Å². The first-order valence-electron chi connectivity index (χ1n) is 5.81. The molecule has 0 aromatic rings. The number of thioether (sulfide) groups is 4. The summed E-state index contributed by atoms with van der Waals surface area (Å²) >= 11 is 8.22. The first-order chi connectivity index (χ1) is 7.50. The fourth-order valence-corrected chi connectivity index (χ4v) is 5.71. The van der Waals surface area contributed by atoms with Gasteiger partial charge in [0.2, 0.25) is 0 Å². The third-order valence-corrected chi connectivity index (χ3v) is 7.08. The van der Waals surface area contributed by atoms with E-state index in [1.165, 1.54) is 65.3 Å². The molecule has 0 aromatic heterocycles. The molecule has 0 saturated carbocycles. The second-order valence-electron chi connectivity index (χ2n) is 3.57. The maximum absolute atomic E-state index is 2.07. The molecule has 15 heavy (non-hydrogen) atoms. The Hall–Kier alpha value is 1.40. The summed E-state index contributed by atoms with van der Waals surface area (Å²) in [4.78, 5) is 0. The quantitative estimate of drug-likeness (QED) is 0.643. The van der Waals surface area contributed by atoms with E-state index >= 15 is 0 Å². The molecule has 3 fully saturated rings. The van der Waals surface area contributed by atoms with Gasteiger partial charge in [-0.15, -0.1) is 0 Å². The van der Waals surface area contributed by atoms with Crippen LogP contribution in [0.25, 0.3) is 0 Å². The van der Waals surface area contributed by atoms with Crippen LogP contribution in [0.2, 0.25) is 0 Å². The van der Waals surface area contributed by atoms with Crippen LogP contribution < -0.4 is 0 Å². The monoisotopic (exact) mass is 282 g/mol. The predicted molar refractivity (Wildman–Crippen MR) is 82.9 cm³/mol. The maximum Gasteiger partial charge on any atom is 0.0392 e. The summed E-state index contributed by atoms with van der Waals surface area (Å²) in [7, 11) is 0. The van der Waals surface area contributed by atoms with Crippen molar-refractivity contribution < 1.29 is 0 Å². The second-order valence-corrected chi connectivity index (χ2v) is 8.60. The SMILES string of the molecule is C1CCSC1.C1CCSC1.C1CSCS1. The lowest BCUT2D eigenvalue weighted by Gasteiger charge is -1.69. The van der Waals surface area contributed by atoms with Gasteiger partial charge in [0.1, 0.15) is 0 Å². The standard InChI is InChI=1S/2C4H8S.C3H6S2/c2*1-2-4-5-3-1;1-2-5-3-4-1/h2*1-4H2;1-3H2. The highest BCUT2D eigenvalue weighted by molar-refractivity contribution is 8.19. The van der Waals surface area contributed by atoms with E-state index in [0.717, 1.165) is 0 Å². The van der Waals surface area contributed by atoms with Crippen LogP contribution in [0.5, 0.6) is 0 Å². The van der Waals surface area contributed by atoms with Gasteiger partial charge in [-0.05, 0) is 48.7 Å². The van der Waals surface area contributed by atoms with Crippen molar-refractivity contribution in [1.82, 2.24) is 0 Å². The molecule has 3 heterocycles. The van der Waals surface area contributed by atoms with Crippen molar-refractivity contribution in [2.75, 3.05) is 39.6 Å². The van der Waals surface area contributed by atoms with E-state index in [0.29, 0.717) is 0 Å². The van der Waals surface area contributed by atoms with Gasteiger partial charge in [0, 0.05) is 16.6 Å². The van der Waals surface area contributed by atoms with Gasteiger partial charge in [0.25, 0.3) is 0 Å². The molecule has 0 bridgehead atoms. The highest BCUT2D eigenvalue weighted by atomic mass is 32.2. The largest absolute Gasteiger partial charge is 0.162 e. The normalized spacial score (nSPS) is 24.0. The number of hydrogen-bond acceptors (Lipinski definition) is 4. The van der Waals surface area contributed by atoms with Crippen molar-refractivity contribution in [2.24, 2.45) is 0 Å². The summed E-state index contributed by atoms with van der Waals surface area (Å²) in [5, 5.41) is 1.33. The first kappa shape index (κ1) is 14.5. The first-order valence-corrected chi connectivity index (χ1v) is 10.4. The van der Waals surface area contributed by atoms with Gasteiger partial charge < -0.3 is 0 Å². The molecular weight excluding hydrogens is 260 g/mol. The molecule has 0 amide bonds. The van der Waals surface area contributed by atoms with Gasteiger partial charge in [0.15, 0.2) is 0 Å². The summed E-state index contributed by atoms with van der Waals surface area (Å²) in [6.07, 6.45) is 5.85. The fourth-order valence-electron chi connectivity index (χ4n) is 1.32. The lowest BCUT2D eigenvalue weighted by molar-refractivity contribution is 0.949. The third-order valence-electron chi connectivity index (χ3n) is 2.19. The van der Waals surface area contributed by atoms with Crippen molar-refractivity contribution >= 4 is 47.0 Å². The average Bonchev–Trinajstić information content (AvgIpc) is 3.09. The molecule has 3 aliphatic heterocycles. The molecule has 3 rings (SSSR count). The molecule has 0 aliphatic carbocycles. The van der Waals surface area contributed by atoms with Gasteiger partial charge in [-0.2, -0.15) is 47.0 Å². The zero-order valence-corrected chi connectivity index (χ0v) is 12.7. The number of rotatable bonds is 0. The van der Waals surface area contributed by atoms with E-state index in [9.17, 15) is 0 Å². The van der Waals surface area contributed by atoms with Gasteiger partial charge >= 0.3 is 0 Å². The van der Waals surface area contributed by atoms with E-state index in [2.05, 4.69) is 23.5 Å². The zero-order valence-electron chi connectivity index (χ0n) is 9.41. The topological polar surface area (TPSA) is 0 Å². The Kier molecular flexibility index (Phi) is 11.4. The van der Waals surface area contributed by atoms with Crippen molar-refractivity contribution in [2.45, 2.75) is 25.7 Å². The van der Waals surface area contributed by atoms with E-state index in [-0.39, 0.29) is 0 Å². The average molecular weight is 283 g/mol. The second kappa shape index (κ2) is 11.9. The third kappa shape index (κ3) is 10.3. The van der Waals surface area contributed by atoms with Crippen LogP contribution in [-0.2, 0) is 0 Å². The summed E-state index contributed by atoms with van der Waals surface area (Å²) in [6, 6.07) is 0. The van der Waals surface area contributed by atoms with E-state index in [4.69, 9.17) is 0 Å². The molecule has 90 valence electrons. The van der Waals surface area contributed by atoms with Crippen molar-refractivity contribution in [3.63, 3.8) is 0 Å². The van der Waals surface area contributed by atoms with Crippen LogP contribution in [0.3, 0.4) is 0 Å². The Bertz CT molecular complexity index is 71.2. The Morgan fingerprint density at radius 1 is 0.400 bits per heavy atom. The van der Waals surface area contributed by atoms with Crippen LogP contribution in [-0.4, -0.2) is 39.6 Å². The molecule has 4 heteroatoms. The van der Waals surface area contributed by atoms with Crippen molar-refractivity contribution in [1.29, 1.82) is 0 Å². The minimum absolute atomic E-state index is 1.33. The van der Waals surface area contributed by atoms with Crippen LogP contribution in [0.1, 0.15) is 25.7 Å². The molecule has 0 spiro atoms. The summed E-state index contributed by atoms with van der Waals surface area (Å²) in [5.74, 6) is 8.43. The van der Waals surface area contributed by atoms with Crippen LogP contribution >= 0.6 is 47.0 Å². The van der Waals surface area contributed by atoms with Crippen molar-refractivity contribution in [3.05, 3.63) is 0 Å². The molecule has 0 atom stereocenters. The predicted octanol–water partition coefficient (Wildman–Crippen LogP) is 4.45. The minimum atomic E-state index is 1.33. The Morgan fingerprint density at radius 2 is 0.800 bits per heavy atom. The molecule has 0 N–H and O–H groups in total. The Labute approximate surface area is 112 Å². The van der Waals surface area contributed by atoms with E-state index < -0.39 is 0 Å². The Morgan fingerprint density at radius 3 is 0.933 bits per heavy atom. The molecule has 0 aromatic carbocycles. The molecule has 0 radical (unpaired) electrons. The van der Waals surface area contributed by atoms with Crippen LogP contribution in [0.15, 0.2) is 0 Å². The molecule has 3 saturated heterocycles. The van der Waals surface area contributed by atoms with E-state index in [1.807, 2.05) is 23.5 Å². The van der Waals surface area contributed by atoms with Gasteiger partial charge in [-0.25, -0.2) is 0 Å². The van der Waals surface area contributed by atoms with Crippen molar-refractivity contribution in [3.8, 4) is 0 Å². The molecule has 0 unspecified atom stereocenters. The lowest BCUT2D eigenvalue weighted by atomic mass is 10.4. The lowest BCUT2D eigenvalue weighted by Crippen LogP contribution is -1.64. The van der Waals surface area contributed by atoms with Crippen LogP contribution in [0, 0.1) is 0 Å². The molecule has 3 aliphatic rings. The summed E-state index contributed by atoms with van der Waals surface area (Å²) in [6.45, 7) is 0. The Balaban J connectivity index is 0.000000112. The maximum atomic E-state index is 2.07. The van der Waals surface area contributed by atoms with E-state index in [1.54, 1.807) is 0 Å². The highest BCUT2D eigenvalue weighted by Crippen LogP contribution is 2.20. The van der Waals surface area contributed by atoms with Gasteiger partial charge in [0.05, 0.1) is 0 Å². The summed E-state index contributed by atoms with van der Waals surface area (Å²) in [5.41, 5.74) is 0. The zero-order chi connectivity index (χ0) is 10.6. The van der Waals surface area contributed by atoms with Gasteiger partial charge in [-0.1, -0.05) is 0 Å². The van der Waals surface area contributed by atoms with Crippen LogP contribution in [0.4, 0.5) is 0 Å². The smallest absolute Gasteiger partial charge is 0.0392 e. The number of hydrogen-bond donors (Lipinski definition) is 0.